The van der Waals surface area contributed by atoms with Crippen LogP contribution in [0.5, 0.6) is 0 Å². The molecule has 11 heavy (non-hydrogen) atoms. The van der Waals surface area contributed by atoms with Crippen molar-refractivity contribution in [1.82, 2.24) is 0 Å². The smallest absolute Gasteiger partial charge is 0.137 e. The number of rotatable bonds is 7. The fourth-order valence-electron chi connectivity index (χ4n) is 0.731. The first kappa shape index (κ1) is 11.1. The average Bonchev–Trinajstić information content (AvgIpc) is 2.01. The molecule has 0 saturated heterocycles. The summed E-state index contributed by atoms with van der Waals surface area (Å²) >= 11 is 0. The molecule has 0 unspecified atom stereocenters. The minimum atomic E-state index is 0.0601. The van der Waals surface area contributed by atoms with E-state index >= 15 is 0 Å². The maximum absolute atomic E-state index is 5.37. The van der Waals surface area contributed by atoms with Crippen LogP contribution in [0.3, 0.4) is 0 Å². The maximum atomic E-state index is 5.37. The van der Waals surface area contributed by atoms with Crippen molar-refractivity contribution in [2.45, 2.75) is 39.1 Å². The molecule has 0 aromatic carbocycles. The standard InChI is InChI=1S/C8H18O2Si/c1-4-7-11-8(9-5-2)10-6-3/h8H,4-7H2,1-3H3. The molecule has 0 aliphatic heterocycles. The third-order valence-corrected chi connectivity index (χ3v) is 2.65. The minimum Gasteiger partial charge on any atom is -0.357 e. The highest BCUT2D eigenvalue weighted by atomic mass is 28.2. The molecule has 0 bridgehead atoms. The topological polar surface area (TPSA) is 18.5 Å². The lowest BCUT2D eigenvalue weighted by molar-refractivity contribution is -0.0827. The molecule has 0 spiro atoms. The van der Waals surface area contributed by atoms with Gasteiger partial charge in [0.15, 0.2) is 0 Å². The van der Waals surface area contributed by atoms with Crippen LogP contribution in [0.2, 0.25) is 6.04 Å². The molecule has 66 valence electrons. The number of hydrogen-bond donors (Lipinski definition) is 0. The fourth-order valence-corrected chi connectivity index (χ4v) is 1.82. The average molecular weight is 174 g/mol. The molecule has 2 radical (unpaired) electrons. The molecule has 0 aliphatic rings. The van der Waals surface area contributed by atoms with E-state index < -0.39 is 0 Å². The van der Waals surface area contributed by atoms with Crippen molar-refractivity contribution in [2.24, 2.45) is 0 Å². The normalized spacial score (nSPS) is 10.9. The van der Waals surface area contributed by atoms with Crippen molar-refractivity contribution in [3.05, 3.63) is 0 Å². The zero-order chi connectivity index (χ0) is 8.53. The summed E-state index contributed by atoms with van der Waals surface area (Å²) in [5.41, 5.74) is 0. The van der Waals surface area contributed by atoms with E-state index in [1.165, 1.54) is 12.5 Å². The van der Waals surface area contributed by atoms with E-state index in [-0.39, 0.29) is 5.91 Å². The van der Waals surface area contributed by atoms with Crippen molar-refractivity contribution in [3.8, 4) is 0 Å². The molecule has 0 aromatic heterocycles. The van der Waals surface area contributed by atoms with E-state index in [1.807, 2.05) is 13.8 Å². The second-order valence-corrected chi connectivity index (χ2v) is 3.58. The highest BCUT2D eigenvalue weighted by Gasteiger charge is 2.06. The Kier molecular flexibility index (Phi) is 8.34. The summed E-state index contributed by atoms with van der Waals surface area (Å²) < 4.78 is 10.7. The van der Waals surface area contributed by atoms with Crippen LogP contribution in [-0.4, -0.2) is 28.6 Å². The Morgan fingerprint density at radius 2 is 1.64 bits per heavy atom. The Morgan fingerprint density at radius 1 is 1.09 bits per heavy atom. The van der Waals surface area contributed by atoms with Gasteiger partial charge in [0.05, 0.1) is 0 Å². The molecule has 0 N–H and O–H groups in total. The van der Waals surface area contributed by atoms with E-state index in [0.717, 1.165) is 22.7 Å². The predicted molar refractivity (Wildman–Crippen MR) is 47.9 cm³/mol. The summed E-state index contributed by atoms with van der Waals surface area (Å²) in [6, 6.07) is 1.21. The van der Waals surface area contributed by atoms with Crippen molar-refractivity contribution in [2.75, 3.05) is 13.2 Å². The summed E-state index contributed by atoms with van der Waals surface area (Å²) in [5.74, 6) is 0.0601. The van der Waals surface area contributed by atoms with Gasteiger partial charge in [-0.15, -0.1) is 0 Å². The van der Waals surface area contributed by atoms with Gasteiger partial charge in [0.2, 0.25) is 0 Å². The van der Waals surface area contributed by atoms with Gasteiger partial charge in [0.25, 0.3) is 0 Å². The predicted octanol–water partition coefficient (Wildman–Crippen LogP) is 1.88. The highest BCUT2D eigenvalue weighted by Crippen LogP contribution is 1.97. The van der Waals surface area contributed by atoms with Crippen LogP contribution in [-0.2, 0) is 9.47 Å². The largest absolute Gasteiger partial charge is 0.357 e. The molecular formula is C8H18O2Si. The van der Waals surface area contributed by atoms with Gasteiger partial charge in [-0.25, -0.2) is 0 Å². The fraction of sp³-hybridized carbons (Fsp3) is 1.00. The van der Waals surface area contributed by atoms with Crippen molar-refractivity contribution in [3.63, 3.8) is 0 Å². The minimum absolute atomic E-state index is 0.0601. The molecule has 0 aliphatic carbocycles. The first-order chi connectivity index (χ1) is 5.35. The van der Waals surface area contributed by atoms with Gasteiger partial charge in [-0.3, -0.25) is 0 Å². The van der Waals surface area contributed by atoms with E-state index in [9.17, 15) is 0 Å². The van der Waals surface area contributed by atoms with Crippen LogP contribution in [0.15, 0.2) is 0 Å². The van der Waals surface area contributed by atoms with Crippen molar-refractivity contribution < 1.29 is 9.47 Å². The Hall–Kier alpha value is 0.137. The molecule has 0 amide bonds. The monoisotopic (exact) mass is 174 g/mol. The molecule has 3 heteroatoms. The molecule has 0 heterocycles. The van der Waals surface area contributed by atoms with E-state index in [2.05, 4.69) is 6.92 Å². The van der Waals surface area contributed by atoms with Crippen molar-refractivity contribution >= 4 is 9.52 Å². The van der Waals surface area contributed by atoms with Gasteiger partial charge in [-0.1, -0.05) is 19.4 Å². The lowest BCUT2D eigenvalue weighted by Crippen LogP contribution is -2.24. The first-order valence-electron chi connectivity index (χ1n) is 4.31. The first-order valence-corrected chi connectivity index (χ1v) is 5.60. The van der Waals surface area contributed by atoms with Crippen LogP contribution in [0.4, 0.5) is 0 Å². The zero-order valence-corrected chi connectivity index (χ0v) is 8.72. The van der Waals surface area contributed by atoms with Crippen LogP contribution in [0, 0.1) is 0 Å². The molecule has 0 saturated carbocycles. The summed E-state index contributed by atoms with van der Waals surface area (Å²) in [6.07, 6.45) is 1.22. The number of ether oxygens (including phenoxy) is 2. The summed E-state index contributed by atoms with van der Waals surface area (Å²) in [4.78, 5) is 0. The maximum Gasteiger partial charge on any atom is 0.137 e. The second kappa shape index (κ2) is 8.24. The van der Waals surface area contributed by atoms with E-state index in [1.54, 1.807) is 0 Å². The molecule has 0 fully saturated rings. The van der Waals surface area contributed by atoms with Gasteiger partial charge in [0, 0.05) is 13.2 Å². The zero-order valence-electron chi connectivity index (χ0n) is 7.72. The quantitative estimate of drug-likeness (QED) is 0.433. The summed E-state index contributed by atoms with van der Waals surface area (Å²) in [7, 11) is 0.793. The number of hydrogen-bond acceptors (Lipinski definition) is 2. The lowest BCUT2D eigenvalue weighted by atomic mass is 10.6. The van der Waals surface area contributed by atoms with E-state index in [4.69, 9.17) is 9.47 Å². The van der Waals surface area contributed by atoms with Gasteiger partial charge in [-0.2, -0.15) is 0 Å². The third kappa shape index (κ3) is 6.53. The molecule has 0 atom stereocenters. The van der Waals surface area contributed by atoms with Crippen LogP contribution in [0.25, 0.3) is 0 Å². The van der Waals surface area contributed by atoms with Crippen LogP contribution in [0.1, 0.15) is 27.2 Å². The molecule has 2 nitrogen and oxygen atoms in total. The van der Waals surface area contributed by atoms with Crippen LogP contribution >= 0.6 is 0 Å². The molecular weight excluding hydrogens is 156 g/mol. The Bertz CT molecular complexity index is 72.5. The summed E-state index contributed by atoms with van der Waals surface area (Å²) in [5, 5.41) is 0. The van der Waals surface area contributed by atoms with Gasteiger partial charge >= 0.3 is 0 Å². The summed E-state index contributed by atoms with van der Waals surface area (Å²) in [6.45, 7) is 7.69. The van der Waals surface area contributed by atoms with Gasteiger partial charge in [-0.05, 0) is 13.8 Å². The van der Waals surface area contributed by atoms with Gasteiger partial charge < -0.3 is 9.47 Å². The Balaban J connectivity index is 3.34. The van der Waals surface area contributed by atoms with Crippen LogP contribution < -0.4 is 0 Å². The van der Waals surface area contributed by atoms with E-state index in [0.29, 0.717) is 0 Å². The van der Waals surface area contributed by atoms with Gasteiger partial charge in [0.1, 0.15) is 15.4 Å². The highest BCUT2D eigenvalue weighted by molar-refractivity contribution is 6.36. The molecule has 0 rings (SSSR count). The third-order valence-electron chi connectivity index (χ3n) is 1.20. The molecule has 0 aromatic rings. The Labute approximate surface area is 72.1 Å². The Morgan fingerprint density at radius 3 is 2.00 bits per heavy atom. The second-order valence-electron chi connectivity index (χ2n) is 2.20. The SMILES string of the molecule is CCC[Si]C(OCC)OCC. The van der Waals surface area contributed by atoms with Crippen molar-refractivity contribution in [1.29, 1.82) is 0 Å². The lowest BCUT2D eigenvalue weighted by Gasteiger charge is -2.15.